The third kappa shape index (κ3) is 10.7. The van der Waals surface area contributed by atoms with Crippen molar-refractivity contribution in [2.24, 2.45) is 0 Å². The van der Waals surface area contributed by atoms with Gasteiger partial charge in [0.25, 0.3) is 0 Å². The van der Waals surface area contributed by atoms with Crippen molar-refractivity contribution in [2.45, 2.75) is 0 Å². The number of nitrogens with zero attached hydrogens (tertiary/aromatic N) is 12. The van der Waals surface area contributed by atoms with E-state index in [2.05, 4.69) is 137 Å². The predicted molar refractivity (Wildman–Crippen MR) is 400 cm³/mol. The van der Waals surface area contributed by atoms with Gasteiger partial charge in [0.2, 0.25) is 0 Å². The molecule has 12 heteroatoms. The lowest BCUT2D eigenvalue weighted by Gasteiger charge is -2.19. The molecule has 100 heavy (non-hydrogen) atoms. The molecule has 0 amide bonds. The lowest BCUT2D eigenvalue weighted by Crippen LogP contribution is -2.03. The summed E-state index contributed by atoms with van der Waals surface area (Å²) < 4.78 is 4.72. The summed E-state index contributed by atoms with van der Waals surface area (Å²) in [6.45, 7) is 0. The molecule has 0 spiro atoms. The first-order chi connectivity index (χ1) is 49.5. The van der Waals surface area contributed by atoms with Crippen LogP contribution in [0.5, 0.6) is 0 Å². The normalized spacial score (nSPS) is 11.4. The zero-order valence-electron chi connectivity index (χ0n) is 53.5. The lowest BCUT2D eigenvalue weighted by molar-refractivity contribution is 1.07. The van der Waals surface area contributed by atoms with Crippen molar-refractivity contribution in [1.29, 1.82) is 5.26 Å². The fraction of sp³-hybridized carbons (Fsp3) is 0. The Morgan fingerprint density at radius 2 is 0.450 bits per heavy atom. The molecule has 0 saturated carbocycles. The molecule has 0 N–H and O–H groups in total. The monoisotopic (exact) mass is 1280 g/mol. The van der Waals surface area contributed by atoms with Gasteiger partial charge in [0.05, 0.1) is 45.1 Å². The molecule has 18 rings (SSSR count). The van der Waals surface area contributed by atoms with E-state index < -0.39 is 0 Å². The van der Waals surface area contributed by atoms with E-state index in [-0.39, 0.29) is 0 Å². The zero-order valence-corrected chi connectivity index (χ0v) is 53.5. The van der Waals surface area contributed by atoms with Crippen molar-refractivity contribution in [3.05, 3.63) is 333 Å². The number of benzene rings is 13. The minimum absolute atomic E-state index is 0.521. The van der Waals surface area contributed by atoms with E-state index in [9.17, 15) is 5.26 Å². The standard InChI is InChI=1S/C88H54N12/c89-55-56-39-41-57(42-40-56)70-51-64(43-47-76(70)99-74-37-21-19-35-68(74)72-53-66(45-49-78(72)99)87-95-82(60-27-11-3-12-28-60)91-83(96-87)61-29-13-4-14-30-61)71-52-65(86-93-80(58-23-7-1-8-24-58)90-81(94-86)59-25-9-2-10-26-59)44-48-77(71)100-75-38-22-20-36-69(75)73-54-67(46-50-79(73)100)88-97-84(62-31-15-5-16-32-62)92-85(98-88)63-33-17-6-18-34-63/h1-54H. The Bertz CT molecular complexity index is 6020. The van der Waals surface area contributed by atoms with Crippen molar-refractivity contribution in [3.63, 3.8) is 0 Å². The summed E-state index contributed by atoms with van der Waals surface area (Å²) in [6.07, 6.45) is 0. The van der Waals surface area contributed by atoms with Gasteiger partial charge in [-0.15, -0.1) is 0 Å². The molecule has 0 aliphatic carbocycles. The molecular weight excluding hydrogens is 1230 g/mol. The van der Waals surface area contributed by atoms with E-state index in [1.807, 2.05) is 206 Å². The zero-order chi connectivity index (χ0) is 66.5. The van der Waals surface area contributed by atoms with Crippen LogP contribution in [0.15, 0.2) is 328 Å². The molecule has 13 aromatic carbocycles. The molecule has 12 nitrogen and oxygen atoms in total. The molecule has 0 aliphatic rings. The second kappa shape index (κ2) is 25.0. The Hall–Kier alpha value is -14.0. The van der Waals surface area contributed by atoms with Crippen LogP contribution in [0.25, 0.3) is 180 Å². The maximum Gasteiger partial charge on any atom is 0.164 e. The molecule has 0 saturated heterocycles. The highest BCUT2D eigenvalue weighted by molar-refractivity contribution is 6.12. The van der Waals surface area contributed by atoms with Crippen molar-refractivity contribution in [3.8, 4) is 142 Å². The Balaban J connectivity index is 0.853. The van der Waals surface area contributed by atoms with Gasteiger partial charge in [-0.2, -0.15) is 5.26 Å². The quantitative estimate of drug-likeness (QED) is 0.109. The van der Waals surface area contributed by atoms with Crippen LogP contribution in [0.2, 0.25) is 0 Å². The van der Waals surface area contributed by atoms with Gasteiger partial charge in [-0.3, -0.25) is 0 Å². The highest BCUT2D eigenvalue weighted by atomic mass is 15.1. The SMILES string of the molecule is N#Cc1ccc(-c2cc(-c3cc(-c4nc(-c5ccccc5)nc(-c5ccccc5)n4)ccc3-n3c4ccccc4c4cc(-c5nc(-c6ccccc6)nc(-c6ccccc6)n5)ccc43)ccc2-n2c3ccccc3c3cc(-c4nc(-c5ccccc5)nc(-c5ccccc5)n4)ccc32)cc1. The van der Waals surface area contributed by atoms with E-state index >= 15 is 0 Å². The van der Waals surface area contributed by atoms with Crippen LogP contribution in [0, 0.1) is 11.3 Å². The van der Waals surface area contributed by atoms with Crippen LogP contribution in [0.4, 0.5) is 0 Å². The topological polar surface area (TPSA) is 150 Å². The van der Waals surface area contributed by atoms with Gasteiger partial charge in [0.1, 0.15) is 0 Å². The van der Waals surface area contributed by atoms with Gasteiger partial charge < -0.3 is 9.13 Å². The van der Waals surface area contributed by atoms with Gasteiger partial charge in [0.15, 0.2) is 52.4 Å². The van der Waals surface area contributed by atoms with E-state index in [0.29, 0.717) is 58.0 Å². The summed E-state index contributed by atoms with van der Waals surface area (Å²) in [5.74, 6) is 5.14. The van der Waals surface area contributed by atoms with Crippen LogP contribution in [-0.2, 0) is 0 Å². The Kier molecular flexibility index (Phi) is 14.6. The smallest absolute Gasteiger partial charge is 0.164 e. The van der Waals surface area contributed by atoms with Crippen molar-refractivity contribution in [1.82, 2.24) is 54.0 Å². The number of rotatable bonds is 13. The van der Waals surface area contributed by atoms with Crippen LogP contribution >= 0.6 is 0 Å². The number of fused-ring (bicyclic) bond motifs is 6. The molecule has 466 valence electrons. The Morgan fingerprint density at radius 3 is 0.790 bits per heavy atom. The average Bonchev–Trinajstić information content (AvgIpc) is 1.56. The van der Waals surface area contributed by atoms with Gasteiger partial charge in [-0.1, -0.05) is 237 Å². The second-order valence-corrected chi connectivity index (χ2v) is 24.4. The summed E-state index contributed by atoms with van der Waals surface area (Å²) in [5, 5.41) is 14.4. The maximum absolute atomic E-state index is 10.2. The first-order valence-corrected chi connectivity index (χ1v) is 33.0. The van der Waals surface area contributed by atoms with Crippen LogP contribution in [-0.4, -0.2) is 54.0 Å². The third-order valence-corrected chi connectivity index (χ3v) is 18.3. The molecule has 0 aliphatic heterocycles. The number of para-hydroxylation sites is 2. The molecule has 0 atom stereocenters. The van der Waals surface area contributed by atoms with Crippen molar-refractivity contribution < 1.29 is 0 Å². The minimum Gasteiger partial charge on any atom is -0.309 e. The van der Waals surface area contributed by atoms with Crippen LogP contribution < -0.4 is 0 Å². The molecule has 5 aromatic heterocycles. The van der Waals surface area contributed by atoms with Gasteiger partial charge in [0, 0.05) is 82.7 Å². The van der Waals surface area contributed by atoms with Gasteiger partial charge in [-0.05, 0) is 102 Å². The van der Waals surface area contributed by atoms with Crippen molar-refractivity contribution in [2.75, 3.05) is 0 Å². The van der Waals surface area contributed by atoms with Gasteiger partial charge >= 0.3 is 0 Å². The van der Waals surface area contributed by atoms with E-state index in [1.54, 1.807) is 0 Å². The fourth-order valence-electron chi connectivity index (χ4n) is 13.5. The lowest BCUT2D eigenvalue weighted by atomic mass is 9.94. The highest BCUT2D eigenvalue weighted by Crippen LogP contribution is 2.44. The number of hydrogen-bond donors (Lipinski definition) is 0. The Morgan fingerprint density at radius 1 is 0.200 bits per heavy atom. The fourth-order valence-corrected chi connectivity index (χ4v) is 13.5. The van der Waals surface area contributed by atoms with Gasteiger partial charge in [-0.25, -0.2) is 44.9 Å². The number of nitriles is 1. The summed E-state index contributed by atoms with van der Waals surface area (Å²) in [5.41, 5.74) is 18.0. The molecule has 18 aromatic rings. The number of hydrogen-bond acceptors (Lipinski definition) is 10. The van der Waals surface area contributed by atoms with E-state index in [1.165, 1.54) is 0 Å². The summed E-state index contributed by atoms with van der Waals surface area (Å²) in [6, 6.07) is 114. The van der Waals surface area contributed by atoms with E-state index in [0.717, 1.165) is 127 Å². The predicted octanol–water partition coefficient (Wildman–Crippen LogP) is 20.6. The van der Waals surface area contributed by atoms with Crippen LogP contribution in [0.1, 0.15) is 5.56 Å². The summed E-state index contributed by atoms with van der Waals surface area (Å²) >= 11 is 0. The summed E-state index contributed by atoms with van der Waals surface area (Å²) in [7, 11) is 0. The molecule has 0 fully saturated rings. The third-order valence-electron chi connectivity index (χ3n) is 18.3. The molecular formula is C88H54N12. The summed E-state index contributed by atoms with van der Waals surface area (Å²) in [4.78, 5) is 46.3. The Labute approximate surface area is 574 Å². The molecule has 0 bridgehead atoms. The first kappa shape index (κ1) is 58.5. The largest absolute Gasteiger partial charge is 0.309 e. The second-order valence-electron chi connectivity index (χ2n) is 24.4. The van der Waals surface area contributed by atoms with Crippen molar-refractivity contribution >= 4 is 43.6 Å². The van der Waals surface area contributed by atoms with E-state index in [4.69, 9.17) is 44.9 Å². The minimum atomic E-state index is 0.521. The van der Waals surface area contributed by atoms with Crippen LogP contribution in [0.3, 0.4) is 0 Å². The number of aromatic nitrogens is 11. The molecule has 0 unspecified atom stereocenters. The average molecular weight is 1280 g/mol. The maximum atomic E-state index is 10.2. The molecule has 0 radical (unpaired) electrons. The first-order valence-electron chi connectivity index (χ1n) is 33.0. The highest BCUT2D eigenvalue weighted by Gasteiger charge is 2.24. The molecule has 5 heterocycles.